The van der Waals surface area contributed by atoms with Gasteiger partial charge < -0.3 is 9.64 Å². The van der Waals surface area contributed by atoms with E-state index in [2.05, 4.69) is 41.3 Å². The van der Waals surface area contributed by atoms with E-state index in [1.54, 1.807) is 7.11 Å². The van der Waals surface area contributed by atoms with Crippen molar-refractivity contribution < 1.29 is 9.53 Å². The normalized spacial score (nSPS) is 22.3. The Kier molecular flexibility index (Phi) is 4.45. The first-order valence-electron chi connectivity index (χ1n) is 9.31. The van der Waals surface area contributed by atoms with Gasteiger partial charge in [-0.3, -0.25) is 9.69 Å². The standard InChI is InChI=1S/C22H26N2O2/c1-23-20(18-6-4-3-5-7-18)22(21(23)25)12-14-24(15-13-22)16-17-8-10-19(26-2)11-9-17/h3-11,20H,12-16H2,1-2H3. The molecule has 1 spiro atoms. The highest BCUT2D eigenvalue weighted by atomic mass is 16.5. The quantitative estimate of drug-likeness (QED) is 0.792. The minimum Gasteiger partial charge on any atom is -0.497 e. The average Bonchev–Trinajstić information content (AvgIpc) is 2.70. The lowest BCUT2D eigenvalue weighted by Gasteiger charge is -2.58. The maximum Gasteiger partial charge on any atom is 0.231 e. The van der Waals surface area contributed by atoms with E-state index in [0.29, 0.717) is 5.91 Å². The molecule has 2 aromatic carbocycles. The van der Waals surface area contributed by atoms with Crippen LogP contribution in [0.25, 0.3) is 0 Å². The van der Waals surface area contributed by atoms with Crippen LogP contribution in [0.4, 0.5) is 0 Å². The third-order valence-corrected chi connectivity index (χ3v) is 6.09. The molecule has 2 fully saturated rings. The van der Waals surface area contributed by atoms with Crippen molar-refractivity contribution in [2.24, 2.45) is 5.41 Å². The summed E-state index contributed by atoms with van der Waals surface area (Å²) in [4.78, 5) is 17.1. The predicted molar refractivity (Wildman–Crippen MR) is 102 cm³/mol. The van der Waals surface area contributed by atoms with E-state index in [9.17, 15) is 4.79 Å². The minimum absolute atomic E-state index is 0.202. The lowest BCUT2D eigenvalue weighted by Crippen LogP contribution is -2.64. The van der Waals surface area contributed by atoms with E-state index >= 15 is 0 Å². The van der Waals surface area contributed by atoms with E-state index in [4.69, 9.17) is 4.74 Å². The number of carbonyl (C=O) groups excluding carboxylic acids is 1. The zero-order chi connectivity index (χ0) is 18.1. The van der Waals surface area contributed by atoms with E-state index in [1.807, 2.05) is 30.1 Å². The number of hydrogen-bond donors (Lipinski definition) is 0. The molecule has 1 unspecified atom stereocenters. The molecule has 136 valence electrons. The van der Waals surface area contributed by atoms with Crippen molar-refractivity contribution in [1.82, 2.24) is 9.80 Å². The van der Waals surface area contributed by atoms with Gasteiger partial charge in [0.05, 0.1) is 18.6 Å². The predicted octanol–water partition coefficient (Wildman–Crippen LogP) is 3.49. The molecule has 4 rings (SSSR count). The van der Waals surface area contributed by atoms with Crippen LogP contribution in [0.2, 0.25) is 0 Å². The van der Waals surface area contributed by atoms with E-state index in [-0.39, 0.29) is 11.5 Å². The van der Waals surface area contributed by atoms with E-state index in [1.165, 1.54) is 11.1 Å². The van der Waals surface area contributed by atoms with Gasteiger partial charge in [0.25, 0.3) is 0 Å². The summed E-state index contributed by atoms with van der Waals surface area (Å²) < 4.78 is 5.23. The Morgan fingerprint density at radius 2 is 1.69 bits per heavy atom. The molecule has 4 heteroatoms. The first-order chi connectivity index (χ1) is 12.6. The minimum atomic E-state index is -0.202. The van der Waals surface area contributed by atoms with Gasteiger partial charge in [-0.05, 0) is 49.2 Å². The van der Waals surface area contributed by atoms with Gasteiger partial charge in [0.1, 0.15) is 5.75 Å². The van der Waals surface area contributed by atoms with Crippen molar-refractivity contribution >= 4 is 5.91 Å². The van der Waals surface area contributed by atoms with Gasteiger partial charge in [0, 0.05) is 13.6 Å². The van der Waals surface area contributed by atoms with Gasteiger partial charge in [-0.1, -0.05) is 42.5 Å². The van der Waals surface area contributed by atoms with Crippen molar-refractivity contribution in [3.05, 3.63) is 65.7 Å². The molecular formula is C22H26N2O2. The molecule has 2 saturated heterocycles. The summed E-state index contributed by atoms with van der Waals surface area (Å²) in [5, 5.41) is 0. The monoisotopic (exact) mass is 350 g/mol. The second-order valence-corrected chi connectivity index (χ2v) is 7.51. The average molecular weight is 350 g/mol. The summed E-state index contributed by atoms with van der Waals surface area (Å²) in [6, 6.07) is 19.0. The molecule has 0 aliphatic carbocycles. The number of nitrogens with zero attached hydrogens (tertiary/aromatic N) is 2. The Morgan fingerprint density at radius 1 is 1.04 bits per heavy atom. The molecule has 0 bridgehead atoms. The smallest absolute Gasteiger partial charge is 0.231 e. The Balaban J connectivity index is 1.44. The highest BCUT2D eigenvalue weighted by Gasteiger charge is 2.59. The fourth-order valence-electron chi connectivity index (χ4n) is 4.65. The van der Waals surface area contributed by atoms with Crippen LogP contribution in [0.15, 0.2) is 54.6 Å². The van der Waals surface area contributed by atoms with Crippen LogP contribution < -0.4 is 4.74 Å². The number of hydrogen-bond acceptors (Lipinski definition) is 3. The number of benzene rings is 2. The third kappa shape index (κ3) is 2.78. The van der Waals surface area contributed by atoms with Crippen molar-refractivity contribution in [3.8, 4) is 5.75 Å². The Bertz CT molecular complexity index is 764. The maximum atomic E-state index is 12.8. The number of piperidine rings is 1. The number of carbonyl (C=O) groups is 1. The van der Waals surface area contributed by atoms with Gasteiger partial charge in [-0.15, -0.1) is 0 Å². The van der Waals surface area contributed by atoms with E-state index < -0.39 is 0 Å². The zero-order valence-corrected chi connectivity index (χ0v) is 15.5. The molecule has 0 aromatic heterocycles. The first kappa shape index (κ1) is 17.1. The number of β-lactam (4-membered cyclic amide) rings is 1. The largest absolute Gasteiger partial charge is 0.497 e. The van der Waals surface area contributed by atoms with Crippen molar-refractivity contribution in [3.63, 3.8) is 0 Å². The van der Waals surface area contributed by atoms with Crippen LogP contribution in [0, 0.1) is 5.41 Å². The summed E-state index contributed by atoms with van der Waals surface area (Å²) in [5.41, 5.74) is 2.35. The fourth-order valence-corrected chi connectivity index (χ4v) is 4.65. The topological polar surface area (TPSA) is 32.8 Å². The second kappa shape index (κ2) is 6.76. The Hall–Kier alpha value is -2.33. The first-order valence-corrected chi connectivity index (χ1v) is 9.31. The number of methoxy groups -OCH3 is 1. The highest BCUT2D eigenvalue weighted by Crippen LogP contribution is 2.55. The Labute approximate surface area is 155 Å². The number of likely N-dealkylation sites (tertiary alicyclic amines) is 2. The van der Waals surface area contributed by atoms with Crippen LogP contribution in [0.5, 0.6) is 5.75 Å². The van der Waals surface area contributed by atoms with Gasteiger partial charge >= 0.3 is 0 Å². The van der Waals surface area contributed by atoms with E-state index in [0.717, 1.165) is 38.2 Å². The fraction of sp³-hybridized carbons (Fsp3) is 0.409. The molecule has 2 aromatic rings. The van der Waals surface area contributed by atoms with Crippen LogP contribution in [0.3, 0.4) is 0 Å². The second-order valence-electron chi connectivity index (χ2n) is 7.51. The molecule has 4 nitrogen and oxygen atoms in total. The van der Waals surface area contributed by atoms with Gasteiger partial charge in [-0.25, -0.2) is 0 Å². The van der Waals surface area contributed by atoms with Gasteiger partial charge in [-0.2, -0.15) is 0 Å². The zero-order valence-electron chi connectivity index (χ0n) is 15.5. The molecule has 2 aliphatic heterocycles. The van der Waals surface area contributed by atoms with Crippen LogP contribution >= 0.6 is 0 Å². The molecule has 2 aliphatic rings. The van der Waals surface area contributed by atoms with Gasteiger partial charge in [0.2, 0.25) is 5.91 Å². The molecular weight excluding hydrogens is 324 g/mol. The molecule has 2 heterocycles. The van der Waals surface area contributed by atoms with Crippen molar-refractivity contribution in [1.29, 1.82) is 0 Å². The Morgan fingerprint density at radius 3 is 2.31 bits per heavy atom. The van der Waals surface area contributed by atoms with Gasteiger partial charge in [0.15, 0.2) is 0 Å². The number of amides is 1. The molecule has 0 radical (unpaired) electrons. The third-order valence-electron chi connectivity index (χ3n) is 6.09. The summed E-state index contributed by atoms with van der Waals surface area (Å²) in [7, 11) is 3.63. The lowest BCUT2D eigenvalue weighted by atomic mass is 9.62. The van der Waals surface area contributed by atoms with Crippen molar-refractivity contribution in [2.75, 3.05) is 27.2 Å². The van der Waals surface area contributed by atoms with Crippen molar-refractivity contribution in [2.45, 2.75) is 25.4 Å². The van der Waals surface area contributed by atoms with Crippen LogP contribution in [0.1, 0.15) is 30.0 Å². The van der Waals surface area contributed by atoms with Crippen LogP contribution in [-0.2, 0) is 11.3 Å². The number of ether oxygens (including phenoxy) is 1. The highest BCUT2D eigenvalue weighted by molar-refractivity contribution is 5.90. The summed E-state index contributed by atoms with van der Waals surface area (Å²) in [5.74, 6) is 1.20. The number of rotatable bonds is 4. The molecule has 0 saturated carbocycles. The molecule has 0 N–H and O–H groups in total. The maximum absolute atomic E-state index is 12.8. The summed E-state index contributed by atoms with van der Waals surface area (Å²) >= 11 is 0. The molecule has 1 amide bonds. The lowest BCUT2D eigenvalue weighted by molar-refractivity contribution is -0.176. The molecule has 26 heavy (non-hydrogen) atoms. The summed E-state index contributed by atoms with van der Waals surface area (Å²) in [6.45, 7) is 2.87. The van der Waals surface area contributed by atoms with Crippen LogP contribution in [-0.4, -0.2) is 43.0 Å². The molecule has 1 atom stereocenters. The summed E-state index contributed by atoms with van der Waals surface area (Å²) in [6.07, 6.45) is 1.87. The SMILES string of the molecule is COc1ccc(CN2CCC3(CC2)C(=O)N(C)C3c2ccccc2)cc1.